The van der Waals surface area contributed by atoms with Crippen LogP contribution in [-0.4, -0.2) is 63.0 Å². The lowest BCUT2D eigenvalue weighted by Gasteiger charge is -2.19. The van der Waals surface area contributed by atoms with Gasteiger partial charge in [-0.3, -0.25) is 9.89 Å². The van der Waals surface area contributed by atoms with Crippen molar-refractivity contribution in [2.75, 3.05) is 37.7 Å². The van der Waals surface area contributed by atoms with E-state index in [4.69, 9.17) is 0 Å². The van der Waals surface area contributed by atoms with Gasteiger partial charge in [-0.05, 0) is 43.4 Å². The van der Waals surface area contributed by atoms with Crippen LogP contribution in [0.2, 0.25) is 0 Å². The van der Waals surface area contributed by atoms with Crippen molar-refractivity contribution in [2.24, 2.45) is 10.9 Å². The molecule has 2 heterocycles. The van der Waals surface area contributed by atoms with Crippen molar-refractivity contribution >= 4 is 39.8 Å². The molecular weight excluding hydrogens is 544 g/mol. The first-order valence-corrected chi connectivity index (χ1v) is 12.1. The number of alkyl halides is 3. The molecule has 0 spiro atoms. The highest BCUT2D eigenvalue weighted by atomic mass is 127. The van der Waals surface area contributed by atoms with Crippen molar-refractivity contribution in [3.8, 4) is 0 Å². The highest BCUT2D eigenvalue weighted by Crippen LogP contribution is 2.29. The van der Waals surface area contributed by atoms with Gasteiger partial charge < -0.3 is 10.6 Å². The van der Waals surface area contributed by atoms with Crippen molar-refractivity contribution in [3.63, 3.8) is 0 Å². The summed E-state index contributed by atoms with van der Waals surface area (Å²) >= 11 is 0. The Balaban J connectivity index is 0.00000341. The minimum Gasteiger partial charge on any atom is -0.357 e. The maximum atomic E-state index is 12.7. The fourth-order valence-electron chi connectivity index (χ4n) is 3.90. The number of benzene rings is 1. The van der Waals surface area contributed by atoms with Crippen LogP contribution in [0, 0.1) is 5.92 Å². The van der Waals surface area contributed by atoms with Crippen LogP contribution in [0.1, 0.15) is 30.9 Å². The zero-order valence-corrected chi connectivity index (χ0v) is 20.6. The standard InChI is InChI=1S/C20H29F3N4O2S.HI/c1-2-24-19(25-11-16-8-10-30(28,29)14-16)26-18-7-9-27(13-18)12-15-3-5-17(6-4-15)20(21,22)23;/h3-6,16,18H,2,7-14H2,1H3,(H2,24,25,26);1H. The highest BCUT2D eigenvalue weighted by molar-refractivity contribution is 14.0. The summed E-state index contributed by atoms with van der Waals surface area (Å²) in [5, 5.41) is 6.61. The summed E-state index contributed by atoms with van der Waals surface area (Å²) in [6, 6.07) is 5.50. The van der Waals surface area contributed by atoms with Crippen molar-refractivity contribution in [1.82, 2.24) is 15.5 Å². The third-order valence-corrected chi connectivity index (χ3v) is 7.32. The van der Waals surface area contributed by atoms with E-state index in [1.165, 1.54) is 12.1 Å². The minimum atomic E-state index is -4.31. The number of sulfone groups is 1. The second-order valence-corrected chi connectivity index (χ2v) is 10.3. The van der Waals surface area contributed by atoms with Gasteiger partial charge in [-0.15, -0.1) is 24.0 Å². The van der Waals surface area contributed by atoms with E-state index in [2.05, 4.69) is 20.5 Å². The molecule has 1 aromatic rings. The van der Waals surface area contributed by atoms with Gasteiger partial charge >= 0.3 is 6.18 Å². The van der Waals surface area contributed by atoms with Gasteiger partial charge in [0.05, 0.1) is 17.1 Å². The summed E-state index contributed by atoms with van der Waals surface area (Å²) in [5.74, 6) is 1.22. The number of hydrogen-bond donors (Lipinski definition) is 2. The van der Waals surface area contributed by atoms with E-state index in [9.17, 15) is 21.6 Å². The summed E-state index contributed by atoms with van der Waals surface area (Å²) in [5.41, 5.74) is 0.223. The number of aliphatic imine (C=N–C) groups is 1. The van der Waals surface area contributed by atoms with Gasteiger partial charge in [-0.1, -0.05) is 12.1 Å². The average molecular weight is 574 g/mol. The Bertz CT molecular complexity index is 847. The number of likely N-dealkylation sites (tertiary alicyclic amines) is 1. The third kappa shape index (κ3) is 8.08. The van der Waals surface area contributed by atoms with Crippen LogP contribution in [0.5, 0.6) is 0 Å². The third-order valence-electron chi connectivity index (χ3n) is 5.48. The van der Waals surface area contributed by atoms with Crippen molar-refractivity contribution in [2.45, 2.75) is 38.5 Å². The van der Waals surface area contributed by atoms with Gasteiger partial charge in [0.1, 0.15) is 0 Å². The minimum absolute atomic E-state index is 0. The molecule has 0 radical (unpaired) electrons. The fourth-order valence-corrected chi connectivity index (χ4v) is 5.75. The number of hydrogen-bond acceptors (Lipinski definition) is 4. The largest absolute Gasteiger partial charge is 0.416 e. The normalized spacial score (nSPS) is 24.1. The van der Waals surface area contributed by atoms with E-state index < -0.39 is 21.6 Å². The Labute approximate surface area is 199 Å². The quantitative estimate of drug-likeness (QED) is 0.311. The fraction of sp³-hybridized carbons (Fsp3) is 0.650. The monoisotopic (exact) mass is 574 g/mol. The molecule has 2 aliphatic rings. The molecule has 3 rings (SSSR count). The van der Waals surface area contributed by atoms with E-state index >= 15 is 0 Å². The second kappa shape index (κ2) is 11.2. The maximum absolute atomic E-state index is 12.7. The van der Waals surface area contributed by atoms with Crippen LogP contribution >= 0.6 is 24.0 Å². The zero-order valence-electron chi connectivity index (χ0n) is 17.5. The lowest BCUT2D eigenvalue weighted by atomic mass is 10.1. The number of rotatable bonds is 6. The zero-order chi connectivity index (χ0) is 21.8. The predicted octanol–water partition coefficient (Wildman–Crippen LogP) is 2.89. The Kier molecular flexibility index (Phi) is 9.43. The van der Waals surface area contributed by atoms with Gasteiger partial charge in [0.15, 0.2) is 15.8 Å². The van der Waals surface area contributed by atoms with E-state index in [0.717, 1.165) is 37.2 Å². The van der Waals surface area contributed by atoms with Gasteiger partial charge in [0.25, 0.3) is 0 Å². The molecule has 176 valence electrons. The molecular formula is C20H30F3IN4O2S. The van der Waals surface area contributed by atoms with Crippen LogP contribution in [0.4, 0.5) is 13.2 Å². The Hall–Kier alpha value is -1.08. The van der Waals surface area contributed by atoms with E-state index in [-0.39, 0.29) is 47.4 Å². The Morgan fingerprint density at radius 1 is 1.23 bits per heavy atom. The molecule has 31 heavy (non-hydrogen) atoms. The summed E-state index contributed by atoms with van der Waals surface area (Å²) in [4.78, 5) is 6.77. The molecule has 2 N–H and O–H groups in total. The molecule has 11 heteroatoms. The molecule has 6 nitrogen and oxygen atoms in total. The first-order chi connectivity index (χ1) is 14.1. The SMILES string of the molecule is CCNC(=NCC1CCS(=O)(=O)C1)NC1CCN(Cc2ccc(C(F)(F)F)cc2)C1.I. The van der Waals surface area contributed by atoms with Gasteiger partial charge in [-0.2, -0.15) is 13.2 Å². The molecule has 2 saturated heterocycles. The second-order valence-electron chi connectivity index (χ2n) is 8.05. The smallest absolute Gasteiger partial charge is 0.357 e. The summed E-state index contributed by atoms with van der Waals surface area (Å²) < 4.78 is 61.3. The molecule has 2 fully saturated rings. The number of halogens is 4. The van der Waals surface area contributed by atoms with Crippen LogP contribution in [0.25, 0.3) is 0 Å². The molecule has 0 bridgehead atoms. The summed E-state index contributed by atoms with van der Waals surface area (Å²) in [7, 11) is -2.91. The molecule has 0 aliphatic carbocycles. The van der Waals surface area contributed by atoms with Crippen LogP contribution in [-0.2, 0) is 22.6 Å². The van der Waals surface area contributed by atoms with Crippen LogP contribution in [0.15, 0.2) is 29.3 Å². The van der Waals surface area contributed by atoms with E-state index in [1.54, 1.807) is 0 Å². The Morgan fingerprint density at radius 3 is 2.52 bits per heavy atom. The highest BCUT2D eigenvalue weighted by Gasteiger charge is 2.30. The number of guanidine groups is 1. The average Bonchev–Trinajstić information content (AvgIpc) is 3.25. The van der Waals surface area contributed by atoms with Gasteiger partial charge in [0.2, 0.25) is 0 Å². The summed E-state index contributed by atoms with van der Waals surface area (Å²) in [6.45, 7) is 5.38. The molecule has 0 aromatic heterocycles. The molecule has 1 aromatic carbocycles. The summed E-state index contributed by atoms with van der Waals surface area (Å²) in [6.07, 6.45) is -2.75. The lowest BCUT2D eigenvalue weighted by Crippen LogP contribution is -2.44. The van der Waals surface area contributed by atoms with Crippen molar-refractivity contribution in [1.29, 1.82) is 0 Å². The number of nitrogens with zero attached hydrogens (tertiary/aromatic N) is 2. The molecule has 0 amide bonds. The first kappa shape index (κ1) is 26.2. The predicted molar refractivity (Wildman–Crippen MR) is 126 cm³/mol. The van der Waals surface area contributed by atoms with E-state index in [1.807, 2.05) is 6.92 Å². The van der Waals surface area contributed by atoms with Gasteiger partial charge in [0, 0.05) is 38.8 Å². The Morgan fingerprint density at radius 2 is 1.94 bits per heavy atom. The lowest BCUT2D eigenvalue weighted by molar-refractivity contribution is -0.137. The first-order valence-electron chi connectivity index (χ1n) is 10.3. The topological polar surface area (TPSA) is 73.8 Å². The van der Waals surface area contributed by atoms with Crippen LogP contribution in [0.3, 0.4) is 0 Å². The maximum Gasteiger partial charge on any atom is 0.416 e. The molecule has 2 aliphatic heterocycles. The van der Waals surface area contributed by atoms with Crippen molar-refractivity contribution in [3.05, 3.63) is 35.4 Å². The molecule has 2 unspecified atom stereocenters. The van der Waals surface area contributed by atoms with Crippen LogP contribution < -0.4 is 10.6 Å². The van der Waals surface area contributed by atoms with Crippen molar-refractivity contribution < 1.29 is 21.6 Å². The number of nitrogens with one attached hydrogen (secondary N) is 2. The van der Waals surface area contributed by atoms with Gasteiger partial charge in [-0.25, -0.2) is 8.42 Å². The van der Waals surface area contributed by atoms with E-state index in [0.29, 0.717) is 32.0 Å². The molecule has 0 saturated carbocycles. The molecule has 2 atom stereocenters.